The molecule has 9 heteroatoms. The van der Waals surface area contributed by atoms with Gasteiger partial charge < -0.3 is 29.2 Å². The van der Waals surface area contributed by atoms with Crippen LogP contribution in [0.2, 0.25) is 0 Å². The standard InChI is InChI=1S/C21H23N3O6/c1-19(2)20(9-27-10-20)21(11-28-18(22)23-21)13-6-12(4-5-15(13)29-19)7-14(25)16-8-17(26-3)24-30-16/h4-6,8H,7,9-11H2,1-3H3,(H2,22,23). The smallest absolute Gasteiger partial charge is 0.283 e. The zero-order valence-electron chi connectivity index (χ0n) is 17.1. The highest BCUT2D eigenvalue weighted by Gasteiger charge is 2.71. The summed E-state index contributed by atoms with van der Waals surface area (Å²) in [4.78, 5) is 17.4. The molecule has 2 spiro atoms. The number of rotatable bonds is 4. The van der Waals surface area contributed by atoms with Crippen molar-refractivity contribution >= 4 is 11.8 Å². The minimum atomic E-state index is -0.735. The summed E-state index contributed by atoms with van der Waals surface area (Å²) in [5, 5.41) is 3.69. The molecule has 1 atom stereocenters. The number of aromatic nitrogens is 1. The Labute approximate surface area is 173 Å². The van der Waals surface area contributed by atoms with E-state index in [9.17, 15) is 4.79 Å². The minimum Gasteiger partial charge on any atom is -0.487 e. The summed E-state index contributed by atoms with van der Waals surface area (Å²) in [5.41, 5.74) is 5.91. The van der Waals surface area contributed by atoms with Crippen molar-refractivity contribution in [3.05, 3.63) is 41.2 Å². The van der Waals surface area contributed by atoms with Crippen molar-refractivity contribution in [1.82, 2.24) is 5.16 Å². The highest BCUT2D eigenvalue weighted by molar-refractivity contribution is 5.95. The van der Waals surface area contributed by atoms with Crippen LogP contribution in [0.4, 0.5) is 0 Å². The van der Waals surface area contributed by atoms with Crippen LogP contribution in [0, 0.1) is 5.41 Å². The highest BCUT2D eigenvalue weighted by Crippen LogP contribution is 2.62. The number of Topliss-reactive ketones (excluding diaryl/α,β-unsaturated/α-hetero) is 1. The van der Waals surface area contributed by atoms with E-state index in [1.54, 1.807) is 0 Å². The van der Waals surface area contributed by atoms with Crippen LogP contribution in [-0.2, 0) is 21.4 Å². The Hall–Kier alpha value is -3.07. The Morgan fingerprint density at radius 3 is 2.63 bits per heavy atom. The molecule has 1 aromatic carbocycles. The van der Waals surface area contributed by atoms with Crippen LogP contribution in [0.25, 0.3) is 0 Å². The second-order valence-corrected chi connectivity index (χ2v) is 8.45. The van der Waals surface area contributed by atoms with Crippen LogP contribution in [0.1, 0.15) is 35.5 Å². The molecule has 1 fully saturated rings. The summed E-state index contributed by atoms with van der Waals surface area (Å²) in [6.45, 7) is 5.36. The molecule has 2 N–H and O–H groups in total. The quantitative estimate of drug-likeness (QED) is 0.755. The molecule has 2 aromatic rings. The molecule has 4 heterocycles. The normalized spacial score (nSPS) is 25.1. The topological polar surface area (TPSA) is 118 Å². The summed E-state index contributed by atoms with van der Waals surface area (Å²) in [7, 11) is 1.46. The summed E-state index contributed by atoms with van der Waals surface area (Å²) in [6, 6.07) is 7.32. The SMILES string of the molecule is COc1cc(C(=O)Cc2ccc3c(c2)C2(COC(N)=N2)C2(COC2)C(C)(C)O3)on1. The summed E-state index contributed by atoms with van der Waals surface area (Å²) in [5.74, 6) is 0.909. The molecule has 1 unspecified atom stereocenters. The van der Waals surface area contributed by atoms with Crippen molar-refractivity contribution < 1.29 is 28.3 Å². The van der Waals surface area contributed by atoms with Gasteiger partial charge in [0.15, 0.2) is 0 Å². The molecule has 3 aliphatic heterocycles. The molecule has 158 valence electrons. The lowest BCUT2D eigenvalue weighted by molar-refractivity contribution is -0.247. The molecule has 0 bridgehead atoms. The Bertz CT molecular complexity index is 1050. The van der Waals surface area contributed by atoms with E-state index in [4.69, 9.17) is 34.2 Å². The predicted octanol–water partition coefficient (Wildman–Crippen LogP) is 1.84. The van der Waals surface area contributed by atoms with Gasteiger partial charge in [0.05, 0.1) is 31.8 Å². The third-order valence-electron chi connectivity index (χ3n) is 6.56. The maximum absolute atomic E-state index is 12.7. The van der Waals surface area contributed by atoms with Crippen LogP contribution in [0.5, 0.6) is 11.6 Å². The van der Waals surface area contributed by atoms with Crippen molar-refractivity contribution in [3.63, 3.8) is 0 Å². The lowest BCUT2D eigenvalue weighted by Gasteiger charge is -2.61. The van der Waals surface area contributed by atoms with Gasteiger partial charge in [-0.1, -0.05) is 6.07 Å². The lowest BCUT2D eigenvalue weighted by atomic mass is 9.55. The molecule has 3 aliphatic rings. The van der Waals surface area contributed by atoms with Crippen LogP contribution >= 0.6 is 0 Å². The van der Waals surface area contributed by atoms with Gasteiger partial charge in [-0.25, -0.2) is 4.99 Å². The van der Waals surface area contributed by atoms with E-state index >= 15 is 0 Å². The highest BCUT2D eigenvalue weighted by atomic mass is 16.5. The number of benzene rings is 1. The van der Waals surface area contributed by atoms with E-state index in [0.717, 1.165) is 11.1 Å². The molecule has 5 rings (SSSR count). The fraction of sp³-hybridized carbons (Fsp3) is 0.476. The number of ether oxygens (including phenoxy) is 4. The predicted molar refractivity (Wildman–Crippen MR) is 105 cm³/mol. The third-order valence-corrected chi connectivity index (χ3v) is 6.56. The first-order chi connectivity index (χ1) is 14.3. The van der Waals surface area contributed by atoms with E-state index in [-0.39, 0.29) is 29.9 Å². The van der Waals surface area contributed by atoms with E-state index in [1.807, 2.05) is 32.0 Å². The molecule has 1 saturated heterocycles. The van der Waals surface area contributed by atoms with E-state index in [1.165, 1.54) is 13.2 Å². The first kappa shape index (κ1) is 18.9. The van der Waals surface area contributed by atoms with Gasteiger partial charge in [-0.3, -0.25) is 4.79 Å². The van der Waals surface area contributed by atoms with Crippen molar-refractivity contribution in [2.75, 3.05) is 26.9 Å². The maximum Gasteiger partial charge on any atom is 0.283 e. The van der Waals surface area contributed by atoms with Crippen LogP contribution < -0.4 is 15.2 Å². The Morgan fingerprint density at radius 1 is 1.23 bits per heavy atom. The maximum atomic E-state index is 12.7. The number of hydrogen-bond acceptors (Lipinski definition) is 9. The lowest BCUT2D eigenvalue weighted by Crippen LogP contribution is -2.71. The Kier molecular flexibility index (Phi) is 3.92. The van der Waals surface area contributed by atoms with Gasteiger partial charge in [-0.15, -0.1) is 0 Å². The number of ketones is 1. The summed E-state index contributed by atoms with van der Waals surface area (Å²) >= 11 is 0. The number of fused-ring (bicyclic) bond motifs is 3. The zero-order chi connectivity index (χ0) is 21.1. The average Bonchev–Trinajstić information content (AvgIpc) is 3.28. The van der Waals surface area contributed by atoms with Gasteiger partial charge in [0.25, 0.3) is 11.9 Å². The molecule has 0 saturated carbocycles. The molecular weight excluding hydrogens is 390 g/mol. The number of methoxy groups -OCH3 is 1. The monoisotopic (exact) mass is 413 g/mol. The largest absolute Gasteiger partial charge is 0.487 e. The number of aliphatic imine (C=N–C) groups is 1. The fourth-order valence-corrected chi connectivity index (χ4v) is 4.69. The van der Waals surface area contributed by atoms with E-state index in [0.29, 0.717) is 25.6 Å². The minimum absolute atomic E-state index is 0.134. The van der Waals surface area contributed by atoms with Crippen LogP contribution in [0.3, 0.4) is 0 Å². The van der Waals surface area contributed by atoms with Crippen LogP contribution in [-0.4, -0.2) is 49.5 Å². The van der Waals surface area contributed by atoms with Gasteiger partial charge in [0, 0.05) is 12.0 Å². The zero-order valence-corrected chi connectivity index (χ0v) is 17.1. The number of nitrogens with two attached hydrogens (primary N) is 1. The van der Waals surface area contributed by atoms with Gasteiger partial charge in [-0.05, 0) is 36.7 Å². The van der Waals surface area contributed by atoms with Crippen LogP contribution in [0.15, 0.2) is 33.8 Å². The fourth-order valence-electron chi connectivity index (χ4n) is 4.69. The van der Waals surface area contributed by atoms with Crippen molar-refractivity contribution in [2.24, 2.45) is 16.1 Å². The molecule has 30 heavy (non-hydrogen) atoms. The molecule has 0 radical (unpaired) electrons. The molecular formula is C21H23N3O6. The number of carbonyl (C=O) groups excluding carboxylic acids is 1. The number of hydrogen-bond donors (Lipinski definition) is 1. The van der Waals surface area contributed by atoms with E-state index < -0.39 is 16.6 Å². The molecule has 1 aromatic heterocycles. The number of carbonyl (C=O) groups is 1. The number of amidine groups is 1. The van der Waals surface area contributed by atoms with Crippen molar-refractivity contribution in [3.8, 4) is 11.6 Å². The van der Waals surface area contributed by atoms with Crippen molar-refractivity contribution in [1.29, 1.82) is 0 Å². The number of nitrogens with zero attached hydrogens (tertiary/aromatic N) is 2. The van der Waals surface area contributed by atoms with Gasteiger partial charge in [0.2, 0.25) is 11.5 Å². The molecule has 0 aliphatic carbocycles. The second-order valence-electron chi connectivity index (χ2n) is 8.45. The average molecular weight is 413 g/mol. The van der Waals surface area contributed by atoms with Gasteiger partial charge in [-0.2, -0.15) is 0 Å². The summed E-state index contributed by atoms with van der Waals surface area (Å²) in [6.07, 6.45) is 0.134. The first-order valence-corrected chi connectivity index (χ1v) is 9.72. The molecule has 0 amide bonds. The van der Waals surface area contributed by atoms with Gasteiger partial charge in [0.1, 0.15) is 23.5 Å². The second kappa shape index (κ2) is 6.21. The van der Waals surface area contributed by atoms with E-state index in [2.05, 4.69) is 5.16 Å². The Morgan fingerprint density at radius 2 is 2.03 bits per heavy atom. The Balaban J connectivity index is 1.55. The summed E-state index contributed by atoms with van der Waals surface area (Å²) < 4.78 is 27.7. The van der Waals surface area contributed by atoms with Gasteiger partial charge >= 0.3 is 0 Å². The third kappa shape index (κ3) is 2.41. The first-order valence-electron chi connectivity index (χ1n) is 9.72. The van der Waals surface area contributed by atoms with Crippen molar-refractivity contribution in [2.45, 2.75) is 31.4 Å². The molecule has 9 nitrogen and oxygen atoms in total.